The van der Waals surface area contributed by atoms with Crippen molar-refractivity contribution in [3.8, 4) is 11.1 Å². The van der Waals surface area contributed by atoms with E-state index in [0.717, 1.165) is 23.2 Å². The number of hydrogen-bond donors (Lipinski definition) is 1. The van der Waals surface area contributed by atoms with E-state index in [4.69, 9.17) is 0 Å². The van der Waals surface area contributed by atoms with E-state index >= 15 is 0 Å². The monoisotopic (exact) mass is 382 g/mol. The van der Waals surface area contributed by atoms with E-state index in [1.165, 1.54) is 44.1 Å². The van der Waals surface area contributed by atoms with Gasteiger partial charge in [-0.25, -0.2) is 4.68 Å². The van der Waals surface area contributed by atoms with Crippen molar-refractivity contribution < 1.29 is 0 Å². The smallest absolute Gasteiger partial charge is 0.274 e. The van der Waals surface area contributed by atoms with Crippen LogP contribution in [0.25, 0.3) is 11.1 Å². The van der Waals surface area contributed by atoms with Crippen molar-refractivity contribution in [1.82, 2.24) is 9.78 Å². The molecule has 0 saturated heterocycles. The van der Waals surface area contributed by atoms with Gasteiger partial charge in [0.1, 0.15) is 0 Å². The Hall–Kier alpha value is -1.77. The lowest BCUT2D eigenvalue weighted by molar-refractivity contribution is 0.300. The van der Waals surface area contributed by atoms with Crippen LogP contribution in [0.3, 0.4) is 0 Å². The number of unbranched alkanes of at least 4 members (excludes halogenated alkanes) is 3. The summed E-state index contributed by atoms with van der Waals surface area (Å²) in [5.74, 6) is 1.40. The van der Waals surface area contributed by atoms with E-state index in [0.29, 0.717) is 17.8 Å². The standard InChI is InChI=1S/C25H38N2O/c1-6-7-8-9-10-19-11-13-20(14-12-19)22-23(17(2)3)26-27(25(22)28)24(18(4)5)21-15-16-21/h11-14,17-18,21,24,26H,6-10,15-16H2,1-5H3. The third kappa shape index (κ3) is 4.61. The van der Waals surface area contributed by atoms with Crippen LogP contribution in [-0.4, -0.2) is 9.78 Å². The molecule has 0 radical (unpaired) electrons. The quantitative estimate of drug-likeness (QED) is 0.456. The third-order valence-electron chi connectivity index (χ3n) is 6.17. The maximum atomic E-state index is 13.4. The van der Waals surface area contributed by atoms with Crippen molar-refractivity contribution >= 4 is 0 Å². The molecule has 1 atom stereocenters. The number of aromatic nitrogens is 2. The van der Waals surface area contributed by atoms with E-state index in [-0.39, 0.29) is 11.6 Å². The molecule has 3 nitrogen and oxygen atoms in total. The molecule has 0 amide bonds. The van der Waals surface area contributed by atoms with E-state index < -0.39 is 0 Å². The molecule has 1 aliphatic carbocycles. The maximum absolute atomic E-state index is 13.4. The van der Waals surface area contributed by atoms with Crippen molar-refractivity contribution in [2.24, 2.45) is 11.8 Å². The summed E-state index contributed by atoms with van der Waals surface area (Å²) in [5, 5.41) is 3.52. The number of H-pyrrole nitrogens is 1. The molecule has 1 N–H and O–H groups in total. The van der Waals surface area contributed by atoms with Crippen molar-refractivity contribution in [1.29, 1.82) is 0 Å². The second-order valence-corrected chi connectivity index (χ2v) is 9.31. The van der Waals surface area contributed by atoms with Gasteiger partial charge in [0.15, 0.2) is 0 Å². The van der Waals surface area contributed by atoms with Gasteiger partial charge in [0.2, 0.25) is 0 Å². The van der Waals surface area contributed by atoms with Crippen LogP contribution in [0.5, 0.6) is 0 Å². The summed E-state index contributed by atoms with van der Waals surface area (Å²) in [5.41, 5.74) is 4.54. The zero-order valence-corrected chi connectivity index (χ0v) is 18.4. The summed E-state index contributed by atoms with van der Waals surface area (Å²) >= 11 is 0. The fourth-order valence-corrected chi connectivity index (χ4v) is 4.46. The Labute approximate surface area is 170 Å². The Morgan fingerprint density at radius 1 is 1.04 bits per heavy atom. The molecule has 0 bridgehead atoms. The van der Waals surface area contributed by atoms with Crippen LogP contribution in [-0.2, 0) is 6.42 Å². The molecule has 1 aliphatic rings. The normalized spacial score (nSPS) is 15.5. The number of nitrogens with zero attached hydrogens (tertiary/aromatic N) is 1. The first kappa shape index (κ1) is 21.0. The number of hydrogen-bond acceptors (Lipinski definition) is 1. The van der Waals surface area contributed by atoms with Crippen LogP contribution in [0.2, 0.25) is 0 Å². The average molecular weight is 383 g/mol. The molecular weight excluding hydrogens is 344 g/mol. The molecule has 0 spiro atoms. The summed E-state index contributed by atoms with van der Waals surface area (Å²) < 4.78 is 1.95. The van der Waals surface area contributed by atoms with Crippen molar-refractivity contribution in [2.75, 3.05) is 0 Å². The van der Waals surface area contributed by atoms with Gasteiger partial charge in [-0.2, -0.15) is 0 Å². The predicted octanol–water partition coefficient (Wildman–Crippen LogP) is 6.70. The topological polar surface area (TPSA) is 37.8 Å². The van der Waals surface area contributed by atoms with Crippen LogP contribution in [0, 0.1) is 11.8 Å². The zero-order valence-electron chi connectivity index (χ0n) is 18.4. The first-order valence-electron chi connectivity index (χ1n) is 11.4. The molecule has 1 saturated carbocycles. The molecule has 28 heavy (non-hydrogen) atoms. The van der Waals surface area contributed by atoms with Crippen LogP contribution < -0.4 is 5.56 Å². The maximum Gasteiger partial charge on any atom is 0.274 e. The lowest BCUT2D eigenvalue weighted by Gasteiger charge is -2.21. The Morgan fingerprint density at radius 2 is 1.71 bits per heavy atom. The van der Waals surface area contributed by atoms with Crippen LogP contribution in [0.4, 0.5) is 0 Å². The summed E-state index contributed by atoms with van der Waals surface area (Å²) in [6.07, 6.45) is 8.76. The molecule has 1 heterocycles. The van der Waals surface area contributed by atoms with Gasteiger partial charge in [0, 0.05) is 5.69 Å². The van der Waals surface area contributed by atoms with E-state index in [1.807, 2.05) is 4.68 Å². The largest absolute Gasteiger partial charge is 0.299 e. The van der Waals surface area contributed by atoms with E-state index in [1.54, 1.807) is 0 Å². The van der Waals surface area contributed by atoms with Crippen molar-refractivity contribution in [3.63, 3.8) is 0 Å². The summed E-state index contributed by atoms with van der Waals surface area (Å²) in [7, 11) is 0. The van der Waals surface area contributed by atoms with Gasteiger partial charge >= 0.3 is 0 Å². The SMILES string of the molecule is CCCCCCc1ccc(-c2c(C(C)C)[nH]n(C(C(C)C)C3CC3)c2=O)cc1. The highest BCUT2D eigenvalue weighted by molar-refractivity contribution is 5.66. The Balaban J connectivity index is 1.89. The Kier molecular flexibility index (Phi) is 6.85. The van der Waals surface area contributed by atoms with E-state index in [2.05, 4.69) is 64.0 Å². The second-order valence-electron chi connectivity index (χ2n) is 9.31. The molecule has 1 aromatic carbocycles. The highest BCUT2D eigenvalue weighted by atomic mass is 16.1. The molecule has 1 aromatic heterocycles. The molecule has 1 fully saturated rings. The zero-order chi connectivity index (χ0) is 20.3. The summed E-state index contributed by atoms with van der Waals surface area (Å²) in [4.78, 5) is 13.4. The summed E-state index contributed by atoms with van der Waals surface area (Å²) in [6.45, 7) is 11.1. The lowest BCUT2D eigenvalue weighted by atomic mass is 9.97. The third-order valence-corrected chi connectivity index (χ3v) is 6.17. The Morgan fingerprint density at radius 3 is 2.25 bits per heavy atom. The average Bonchev–Trinajstić information content (AvgIpc) is 3.43. The Bertz CT molecular complexity index is 804. The molecule has 3 heteroatoms. The molecule has 154 valence electrons. The minimum atomic E-state index is 0.157. The van der Waals surface area contributed by atoms with Gasteiger partial charge in [-0.15, -0.1) is 0 Å². The molecule has 1 unspecified atom stereocenters. The van der Waals surface area contributed by atoms with Gasteiger partial charge in [-0.3, -0.25) is 9.89 Å². The fourth-order valence-electron chi connectivity index (χ4n) is 4.46. The minimum Gasteiger partial charge on any atom is -0.299 e. The first-order valence-corrected chi connectivity index (χ1v) is 11.4. The van der Waals surface area contributed by atoms with Crippen molar-refractivity contribution in [3.05, 3.63) is 45.9 Å². The van der Waals surface area contributed by atoms with Crippen LogP contribution in [0.1, 0.15) is 96.4 Å². The van der Waals surface area contributed by atoms with E-state index in [9.17, 15) is 4.79 Å². The number of aromatic amines is 1. The highest BCUT2D eigenvalue weighted by Gasteiger charge is 2.36. The van der Waals surface area contributed by atoms with Gasteiger partial charge in [-0.05, 0) is 54.6 Å². The van der Waals surface area contributed by atoms with Gasteiger partial charge in [0.05, 0.1) is 11.6 Å². The van der Waals surface area contributed by atoms with Crippen LogP contribution in [0.15, 0.2) is 29.1 Å². The van der Waals surface area contributed by atoms with Gasteiger partial charge in [-0.1, -0.05) is 78.1 Å². The minimum absolute atomic E-state index is 0.157. The number of aryl methyl sites for hydroxylation is 1. The molecule has 0 aliphatic heterocycles. The number of rotatable bonds is 10. The molecule has 3 rings (SSSR count). The van der Waals surface area contributed by atoms with Crippen molar-refractivity contribution in [2.45, 2.75) is 91.5 Å². The van der Waals surface area contributed by atoms with Gasteiger partial charge < -0.3 is 0 Å². The molecule has 2 aromatic rings. The highest BCUT2D eigenvalue weighted by Crippen LogP contribution is 2.43. The van der Waals surface area contributed by atoms with Crippen LogP contribution >= 0.6 is 0 Å². The summed E-state index contributed by atoms with van der Waals surface area (Å²) in [6, 6.07) is 9.01. The lowest BCUT2D eigenvalue weighted by Crippen LogP contribution is -2.28. The number of nitrogens with one attached hydrogen (secondary N) is 1. The number of benzene rings is 1. The first-order chi connectivity index (χ1) is 13.4. The predicted molar refractivity (Wildman–Crippen MR) is 119 cm³/mol. The molecular formula is C25H38N2O. The van der Waals surface area contributed by atoms with Gasteiger partial charge in [0.25, 0.3) is 5.56 Å². The fraction of sp³-hybridized carbons (Fsp3) is 0.640. The second kappa shape index (κ2) is 9.15.